The number of benzene rings is 1. The molecular weight excluding hydrogens is 258 g/mol. The lowest BCUT2D eigenvalue weighted by molar-refractivity contribution is -0.119. The van der Waals surface area contributed by atoms with Gasteiger partial charge in [-0.3, -0.25) is 4.79 Å². The van der Waals surface area contributed by atoms with Crippen molar-refractivity contribution in [1.29, 1.82) is 5.26 Å². The molecule has 0 spiro atoms. The van der Waals surface area contributed by atoms with Gasteiger partial charge in [0.05, 0.1) is 5.56 Å². The lowest BCUT2D eigenvalue weighted by atomic mass is 10.0. The first-order chi connectivity index (χ1) is 8.86. The molecular formula is C12H12F2N2O3. The van der Waals surface area contributed by atoms with Gasteiger partial charge in [0.1, 0.15) is 29.9 Å². The van der Waals surface area contributed by atoms with Crippen molar-refractivity contribution in [3.63, 3.8) is 0 Å². The van der Waals surface area contributed by atoms with E-state index in [1.807, 2.05) is 0 Å². The Morgan fingerprint density at radius 1 is 1.42 bits per heavy atom. The Labute approximate surface area is 108 Å². The van der Waals surface area contributed by atoms with Gasteiger partial charge < -0.3 is 15.5 Å². The molecule has 0 aliphatic heterocycles. The lowest BCUT2D eigenvalue weighted by Crippen LogP contribution is -2.34. The van der Waals surface area contributed by atoms with Crippen molar-refractivity contribution in [1.82, 2.24) is 5.32 Å². The second-order valence-electron chi connectivity index (χ2n) is 3.91. The van der Waals surface area contributed by atoms with E-state index in [-0.39, 0.29) is 6.54 Å². The molecule has 0 bridgehead atoms. The predicted octanol–water partition coefficient (Wildman–Crippen LogP) is 0.367. The van der Waals surface area contributed by atoms with Crippen LogP contribution < -0.4 is 5.32 Å². The van der Waals surface area contributed by atoms with Crippen LogP contribution in [0.5, 0.6) is 0 Å². The average molecular weight is 270 g/mol. The van der Waals surface area contributed by atoms with Crippen LogP contribution >= 0.6 is 0 Å². The summed E-state index contributed by atoms with van der Waals surface area (Å²) in [5.41, 5.74) is -0.973. The van der Waals surface area contributed by atoms with Crippen LogP contribution in [0.1, 0.15) is 24.2 Å². The number of hydrogen-bond donors (Lipinski definition) is 3. The first-order valence-corrected chi connectivity index (χ1v) is 5.36. The average Bonchev–Trinajstić information content (AvgIpc) is 2.37. The first kappa shape index (κ1) is 15.0. The minimum absolute atomic E-state index is 0.308. The van der Waals surface area contributed by atoms with Crippen LogP contribution in [-0.2, 0) is 4.79 Å². The Hall–Kier alpha value is -2.04. The van der Waals surface area contributed by atoms with Crippen molar-refractivity contribution in [3.8, 4) is 6.07 Å². The van der Waals surface area contributed by atoms with E-state index in [0.717, 1.165) is 0 Å². The standard InChI is InChI=1S/C12H12F2N2O3/c1-6(17)16-5-11(18)12(19)8-3-9(13)7(4-15)2-10(8)14/h2-3,11-12,18-19H,5H2,1H3,(H,16,17). The van der Waals surface area contributed by atoms with Crippen molar-refractivity contribution in [2.24, 2.45) is 0 Å². The van der Waals surface area contributed by atoms with Crippen LogP contribution in [0.4, 0.5) is 8.78 Å². The third-order valence-electron chi connectivity index (χ3n) is 2.45. The van der Waals surface area contributed by atoms with Crippen molar-refractivity contribution in [3.05, 3.63) is 34.9 Å². The minimum atomic E-state index is -1.71. The SMILES string of the molecule is CC(=O)NCC(O)C(O)c1cc(F)c(C#N)cc1F. The molecule has 5 nitrogen and oxygen atoms in total. The van der Waals surface area contributed by atoms with Gasteiger partial charge in [0.15, 0.2) is 0 Å². The summed E-state index contributed by atoms with van der Waals surface area (Å²) in [7, 11) is 0. The largest absolute Gasteiger partial charge is 0.388 e. The maximum absolute atomic E-state index is 13.6. The van der Waals surface area contributed by atoms with Crippen LogP contribution in [0.2, 0.25) is 0 Å². The normalized spacial score (nSPS) is 13.5. The van der Waals surface area contributed by atoms with Crippen LogP contribution in [0, 0.1) is 23.0 Å². The molecule has 1 rings (SSSR count). The molecule has 0 radical (unpaired) electrons. The van der Waals surface area contributed by atoms with E-state index in [1.165, 1.54) is 13.0 Å². The molecule has 1 aromatic carbocycles. The summed E-state index contributed by atoms with van der Waals surface area (Å²) >= 11 is 0. The Morgan fingerprint density at radius 2 is 2.05 bits per heavy atom. The first-order valence-electron chi connectivity index (χ1n) is 5.36. The number of nitrogens with one attached hydrogen (secondary N) is 1. The third-order valence-corrected chi connectivity index (χ3v) is 2.45. The third kappa shape index (κ3) is 3.71. The zero-order valence-electron chi connectivity index (χ0n) is 10.0. The second-order valence-corrected chi connectivity index (χ2v) is 3.91. The fraction of sp³-hybridized carbons (Fsp3) is 0.333. The number of carbonyl (C=O) groups is 1. The fourth-order valence-electron chi connectivity index (χ4n) is 1.44. The van der Waals surface area contributed by atoms with E-state index in [0.29, 0.717) is 12.1 Å². The van der Waals surface area contributed by atoms with Gasteiger partial charge in [-0.05, 0) is 12.1 Å². The Bertz CT molecular complexity index is 528. The van der Waals surface area contributed by atoms with Crippen molar-refractivity contribution in [2.75, 3.05) is 6.54 Å². The monoisotopic (exact) mass is 270 g/mol. The van der Waals surface area contributed by atoms with Gasteiger partial charge >= 0.3 is 0 Å². The van der Waals surface area contributed by atoms with Crippen LogP contribution in [0.15, 0.2) is 12.1 Å². The highest BCUT2D eigenvalue weighted by Crippen LogP contribution is 2.23. The summed E-state index contributed by atoms with van der Waals surface area (Å²) in [6, 6.07) is 2.74. The molecule has 0 heterocycles. The van der Waals surface area contributed by atoms with Crippen molar-refractivity contribution in [2.45, 2.75) is 19.1 Å². The maximum atomic E-state index is 13.6. The zero-order valence-corrected chi connectivity index (χ0v) is 10.0. The molecule has 0 saturated carbocycles. The fourth-order valence-corrected chi connectivity index (χ4v) is 1.44. The quantitative estimate of drug-likeness (QED) is 0.736. The smallest absolute Gasteiger partial charge is 0.216 e. The zero-order chi connectivity index (χ0) is 14.6. The Balaban J connectivity index is 2.94. The van der Waals surface area contributed by atoms with Gasteiger partial charge in [0.25, 0.3) is 0 Å². The molecule has 102 valence electrons. The molecule has 2 atom stereocenters. The molecule has 0 aromatic heterocycles. The van der Waals surface area contributed by atoms with Gasteiger partial charge in [-0.15, -0.1) is 0 Å². The number of nitrogens with zero attached hydrogens (tertiary/aromatic N) is 1. The number of nitriles is 1. The molecule has 0 aliphatic rings. The summed E-state index contributed by atoms with van der Waals surface area (Å²) in [5.74, 6) is -2.44. The predicted molar refractivity (Wildman–Crippen MR) is 60.7 cm³/mol. The number of rotatable bonds is 4. The summed E-state index contributed by atoms with van der Waals surface area (Å²) in [6.45, 7) is 0.901. The maximum Gasteiger partial charge on any atom is 0.216 e. The molecule has 7 heteroatoms. The van der Waals surface area contributed by atoms with E-state index in [2.05, 4.69) is 5.32 Å². The molecule has 3 N–H and O–H groups in total. The second kappa shape index (κ2) is 6.22. The van der Waals surface area contributed by atoms with Crippen LogP contribution in [0.3, 0.4) is 0 Å². The highest BCUT2D eigenvalue weighted by atomic mass is 19.1. The summed E-state index contributed by atoms with van der Waals surface area (Å²) in [5, 5.41) is 30.0. The Kier molecular flexibility index (Phi) is 4.92. The molecule has 1 aromatic rings. The van der Waals surface area contributed by atoms with Gasteiger partial charge in [-0.2, -0.15) is 5.26 Å². The number of hydrogen-bond acceptors (Lipinski definition) is 4. The van der Waals surface area contributed by atoms with Gasteiger partial charge in [-0.1, -0.05) is 0 Å². The van der Waals surface area contributed by atoms with Crippen LogP contribution in [-0.4, -0.2) is 28.8 Å². The topological polar surface area (TPSA) is 93.3 Å². The lowest BCUT2D eigenvalue weighted by Gasteiger charge is -2.19. The number of halogens is 2. The molecule has 0 fully saturated rings. The van der Waals surface area contributed by atoms with Gasteiger partial charge in [-0.25, -0.2) is 8.78 Å². The summed E-state index contributed by atoms with van der Waals surface area (Å²) in [6.07, 6.45) is -3.21. The molecule has 0 saturated heterocycles. The number of aliphatic hydroxyl groups is 2. The van der Waals surface area contributed by atoms with Gasteiger partial charge in [0, 0.05) is 19.0 Å². The Morgan fingerprint density at radius 3 is 2.58 bits per heavy atom. The highest BCUT2D eigenvalue weighted by Gasteiger charge is 2.23. The van der Waals surface area contributed by atoms with E-state index < -0.39 is 40.9 Å². The van der Waals surface area contributed by atoms with Crippen LogP contribution in [0.25, 0.3) is 0 Å². The van der Waals surface area contributed by atoms with E-state index >= 15 is 0 Å². The summed E-state index contributed by atoms with van der Waals surface area (Å²) in [4.78, 5) is 10.6. The van der Waals surface area contributed by atoms with E-state index in [1.54, 1.807) is 0 Å². The number of carbonyl (C=O) groups excluding carboxylic acids is 1. The molecule has 19 heavy (non-hydrogen) atoms. The minimum Gasteiger partial charge on any atom is -0.388 e. The van der Waals surface area contributed by atoms with Crippen molar-refractivity contribution >= 4 is 5.91 Å². The van der Waals surface area contributed by atoms with Crippen molar-refractivity contribution < 1.29 is 23.8 Å². The van der Waals surface area contributed by atoms with Gasteiger partial charge in [0.2, 0.25) is 5.91 Å². The molecule has 1 amide bonds. The molecule has 0 aliphatic carbocycles. The summed E-state index contributed by atoms with van der Waals surface area (Å²) < 4.78 is 26.9. The number of aliphatic hydroxyl groups excluding tert-OH is 2. The van der Waals surface area contributed by atoms with E-state index in [9.17, 15) is 23.8 Å². The number of amides is 1. The highest BCUT2D eigenvalue weighted by molar-refractivity contribution is 5.72. The molecule has 2 unspecified atom stereocenters. The van der Waals surface area contributed by atoms with E-state index in [4.69, 9.17) is 5.26 Å².